The molecule has 1 aliphatic rings. The Labute approximate surface area is 240 Å². The maximum Gasteiger partial charge on any atom is 0.251 e. The number of carbonyl (C=O) groups is 1. The van der Waals surface area contributed by atoms with Crippen LogP contribution in [0.4, 0.5) is 20.4 Å². The van der Waals surface area contributed by atoms with E-state index < -0.39 is 45.0 Å². The molecule has 41 heavy (non-hydrogen) atoms. The van der Waals surface area contributed by atoms with Gasteiger partial charge in [0.15, 0.2) is 0 Å². The van der Waals surface area contributed by atoms with Gasteiger partial charge in [0.05, 0.1) is 17.4 Å². The molecule has 1 aliphatic carbocycles. The van der Waals surface area contributed by atoms with Gasteiger partial charge in [-0.25, -0.2) is 22.2 Å². The molecule has 1 unspecified atom stereocenters. The Balaban J connectivity index is 1.91. The summed E-state index contributed by atoms with van der Waals surface area (Å²) in [5, 5.41) is 12.8. The molecule has 13 heteroatoms. The summed E-state index contributed by atoms with van der Waals surface area (Å²) >= 11 is 0. The van der Waals surface area contributed by atoms with Gasteiger partial charge < -0.3 is 24.8 Å². The minimum Gasteiger partial charge on any atom is -0.491 e. The zero-order chi connectivity index (χ0) is 30.5. The van der Waals surface area contributed by atoms with Crippen molar-refractivity contribution in [1.82, 2.24) is 10.3 Å². The van der Waals surface area contributed by atoms with Gasteiger partial charge in [-0.15, -0.1) is 0 Å². The molecular weight excluding hydrogens is 558 g/mol. The normalized spacial score (nSPS) is 18.1. The highest BCUT2D eigenvalue weighted by atomic mass is 32.2. The second-order valence-corrected chi connectivity index (χ2v) is 13.4. The molecular formula is C28H40F2N4O6S. The summed E-state index contributed by atoms with van der Waals surface area (Å²) in [6, 6.07) is 4.62. The molecule has 228 valence electrons. The molecule has 1 saturated carbocycles. The highest BCUT2D eigenvalue weighted by molar-refractivity contribution is 7.93. The van der Waals surface area contributed by atoms with E-state index in [1.165, 1.54) is 20.2 Å². The zero-order valence-electron chi connectivity index (χ0n) is 24.3. The second kappa shape index (κ2) is 13.8. The average Bonchev–Trinajstić information content (AvgIpc) is 3.61. The van der Waals surface area contributed by atoms with Gasteiger partial charge in [-0.2, -0.15) is 0 Å². The summed E-state index contributed by atoms with van der Waals surface area (Å²) in [5.41, 5.74) is 0.118. The molecule has 0 radical (unpaired) electrons. The molecule has 1 amide bonds. The van der Waals surface area contributed by atoms with Crippen LogP contribution in [0.1, 0.15) is 44.0 Å². The zero-order valence-corrected chi connectivity index (χ0v) is 25.1. The number of methoxy groups -OCH3 is 1. The Morgan fingerprint density at radius 3 is 2.32 bits per heavy atom. The second-order valence-electron chi connectivity index (χ2n) is 10.8. The predicted octanol–water partition coefficient (Wildman–Crippen LogP) is 3.20. The van der Waals surface area contributed by atoms with Crippen LogP contribution < -0.4 is 19.3 Å². The summed E-state index contributed by atoms with van der Waals surface area (Å²) in [4.78, 5) is 20.0. The van der Waals surface area contributed by atoms with Crippen molar-refractivity contribution in [3.8, 4) is 5.75 Å². The minimum absolute atomic E-state index is 0.0695. The van der Waals surface area contributed by atoms with Crippen molar-refractivity contribution in [2.24, 2.45) is 11.8 Å². The molecule has 1 heterocycles. The van der Waals surface area contributed by atoms with E-state index in [1.807, 2.05) is 11.9 Å². The molecule has 0 spiro atoms. The molecule has 4 atom stereocenters. The number of aromatic nitrogens is 1. The van der Waals surface area contributed by atoms with Gasteiger partial charge in [0.2, 0.25) is 10.0 Å². The Morgan fingerprint density at radius 1 is 1.15 bits per heavy atom. The first-order valence-corrected chi connectivity index (χ1v) is 15.0. The van der Waals surface area contributed by atoms with Crippen LogP contribution in [0.25, 0.3) is 0 Å². The lowest BCUT2D eigenvalue weighted by atomic mass is 10.1. The lowest BCUT2D eigenvalue weighted by molar-refractivity contribution is 0.0560. The van der Waals surface area contributed by atoms with E-state index in [0.29, 0.717) is 30.3 Å². The number of rotatable bonds is 15. The van der Waals surface area contributed by atoms with Crippen LogP contribution in [-0.2, 0) is 14.8 Å². The number of nitrogens with one attached hydrogen (secondary N) is 1. The number of nitrogens with zero attached hydrogens (tertiary/aromatic N) is 3. The van der Waals surface area contributed by atoms with Crippen LogP contribution in [0.2, 0.25) is 0 Å². The van der Waals surface area contributed by atoms with E-state index >= 15 is 0 Å². The molecule has 0 bridgehead atoms. The molecule has 1 aromatic carbocycles. The number of amides is 1. The SMILES string of the molecule is COCC[C@@H](O)[C@H](COc1cc(F)cc(F)c1)NC(=O)c1cc(N(C)CC2C[C@@H]2C)nc(N(C)S(=O)(=O)C(C)C)c1. The maximum atomic E-state index is 13.6. The number of pyridine rings is 1. The Hall–Kier alpha value is -3.03. The third-order valence-electron chi connectivity index (χ3n) is 7.20. The summed E-state index contributed by atoms with van der Waals surface area (Å²) in [6.07, 6.45) is 0.100. The van der Waals surface area contributed by atoms with E-state index in [4.69, 9.17) is 9.47 Å². The van der Waals surface area contributed by atoms with Crippen LogP contribution in [0.3, 0.4) is 0 Å². The molecule has 1 aromatic heterocycles. The fraction of sp³-hybridized carbons (Fsp3) is 0.571. The lowest BCUT2D eigenvalue weighted by Gasteiger charge is -2.26. The molecule has 10 nitrogen and oxygen atoms in total. The number of carbonyl (C=O) groups excluding carboxylic acids is 1. The Bertz CT molecular complexity index is 1290. The van der Waals surface area contributed by atoms with Gasteiger partial charge in [-0.1, -0.05) is 6.92 Å². The number of aliphatic hydroxyl groups is 1. The molecule has 2 aromatic rings. The highest BCUT2D eigenvalue weighted by Gasteiger charge is 2.34. The predicted molar refractivity (Wildman–Crippen MR) is 153 cm³/mol. The van der Waals surface area contributed by atoms with Gasteiger partial charge in [0.25, 0.3) is 5.91 Å². The number of benzene rings is 1. The van der Waals surface area contributed by atoms with Crippen molar-refractivity contribution in [2.45, 2.75) is 51.0 Å². The van der Waals surface area contributed by atoms with E-state index in [9.17, 15) is 27.1 Å². The highest BCUT2D eigenvalue weighted by Crippen LogP contribution is 2.38. The van der Waals surface area contributed by atoms with E-state index in [1.54, 1.807) is 19.9 Å². The summed E-state index contributed by atoms with van der Waals surface area (Å²) in [7, 11) is 0.940. The maximum absolute atomic E-state index is 13.6. The first-order chi connectivity index (χ1) is 19.2. The third kappa shape index (κ3) is 8.73. The Kier molecular flexibility index (Phi) is 10.9. The molecule has 0 aliphatic heterocycles. The van der Waals surface area contributed by atoms with Crippen LogP contribution >= 0.6 is 0 Å². The number of aliphatic hydroxyl groups excluding tert-OH is 1. The van der Waals surface area contributed by atoms with Crippen LogP contribution in [0, 0.1) is 23.5 Å². The number of sulfonamides is 1. The number of halogens is 2. The fourth-order valence-corrected chi connectivity index (χ4v) is 5.26. The van der Waals surface area contributed by atoms with Crippen molar-refractivity contribution in [1.29, 1.82) is 0 Å². The first-order valence-electron chi connectivity index (χ1n) is 13.5. The topological polar surface area (TPSA) is 121 Å². The van der Waals surface area contributed by atoms with E-state index in [-0.39, 0.29) is 36.8 Å². The minimum atomic E-state index is -3.74. The fourth-order valence-electron chi connectivity index (χ4n) is 4.27. The van der Waals surface area contributed by atoms with Crippen LogP contribution in [0.5, 0.6) is 5.75 Å². The number of anilines is 2. The van der Waals surface area contributed by atoms with Gasteiger partial charge in [0, 0.05) is 58.1 Å². The third-order valence-corrected chi connectivity index (χ3v) is 9.34. The van der Waals surface area contributed by atoms with Gasteiger partial charge >= 0.3 is 0 Å². The first kappa shape index (κ1) is 32.5. The van der Waals surface area contributed by atoms with Crippen molar-refractivity contribution in [3.05, 3.63) is 47.5 Å². The van der Waals surface area contributed by atoms with Crippen LogP contribution in [-0.4, -0.2) is 82.8 Å². The largest absolute Gasteiger partial charge is 0.491 e. The van der Waals surface area contributed by atoms with Gasteiger partial charge in [0.1, 0.15) is 35.6 Å². The number of hydrogen-bond donors (Lipinski definition) is 2. The molecule has 3 rings (SSSR count). The van der Waals surface area contributed by atoms with Crippen molar-refractivity contribution in [2.75, 3.05) is 50.2 Å². The lowest BCUT2D eigenvalue weighted by Crippen LogP contribution is -2.47. The molecule has 2 N–H and O–H groups in total. The van der Waals surface area contributed by atoms with Crippen molar-refractivity contribution >= 4 is 27.6 Å². The van der Waals surface area contributed by atoms with Crippen LogP contribution in [0.15, 0.2) is 30.3 Å². The number of ether oxygens (including phenoxy) is 2. The summed E-state index contributed by atoms with van der Waals surface area (Å²) in [6.45, 7) is 5.84. The standard InChI is InChI=1S/C28H40F2N4O6S/c1-17(2)41(37,38)34(5)27-11-19(10-26(32-27)33(4)15-20-9-18(20)3)28(36)31-24(25(35)7-8-39-6)16-40-23-13-21(29)12-22(30)14-23/h10-14,17-18,20,24-25,35H,7-9,15-16H2,1-6H3,(H,31,36)/t18-,20?,24-,25+/m0/s1. The summed E-state index contributed by atoms with van der Waals surface area (Å²) in [5.74, 6) is -0.844. The average molecular weight is 599 g/mol. The summed E-state index contributed by atoms with van der Waals surface area (Å²) < 4.78 is 64.7. The van der Waals surface area contributed by atoms with Gasteiger partial charge in [-0.3, -0.25) is 9.10 Å². The smallest absolute Gasteiger partial charge is 0.251 e. The molecule has 0 saturated heterocycles. The monoisotopic (exact) mass is 598 g/mol. The van der Waals surface area contributed by atoms with Crippen molar-refractivity contribution in [3.63, 3.8) is 0 Å². The quantitative estimate of drug-likeness (QED) is 0.321. The number of hydrogen-bond acceptors (Lipinski definition) is 8. The van der Waals surface area contributed by atoms with E-state index in [2.05, 4.69) is 17.2 Å². The van der Waals surface area contributed by atoms with Crippen molar-refractivity contribution < 1.29 is 36.6 Å². The molecule has 1 fully saturated rings. The Morgan fingerprint density at radius 2 is 1.76 bits per heavy atom. The van der Waals surface area contributed by atoms with E-state index in [0.717, 1.165) is 22.9 Å². The van der Waals surface area contributed by atoms with Gasteiger partial charge in [-0.05, 0) is 50.7 Å².